The lowest BCUT2D eigenvalue weighted by Gasteiger charge is -2.11. The second kappa shape index (κ2) is 8.80. The van der Waals surface area contributed by atoms with Crippen LogP contribution in [-0.2, 0) is 4.74 Å². The maximum atomic E-state index is 12.9. The molecule has 1 amide bonds. The molecule has 1 fully saturated rings. The predicted octanol–water partition coefficient (Wildman–Crippen LogP) is 4.35. The van der Waals surface area contributed by atoms with E-state index in [1.807, 2.05) is 36.4 Å². The Morgan fingerprint density at radius 2 is 2.17 bits per heavy atom. The molecule has 0 radical (unpaired) electrons. The Bertz CT molecular complexity index is 1100. The van der Waals surface area contributed by atoms with Crippen molar-refractivity contribution in [1.29, 1.82) is 0 Å². The number of benzene rings is 2. The average molecular weight is 457 g/mol. The van der Waals surface area contributed by atoms with Gasteiger partial charge in [0.1, 0.15) is 16.9 Å². The summed E-state index contributed by atoms with van der Waals surface area (Å²) in [4.78, 5) is 17.5. The van der Waals surface area contributed by atoms with Crippen LogP contribution in [0.1, 0.15) is 23.2 Å². The van der Waals surface area contributed by atoms with Crippen molar-refractivity contribution in [1.82, 2.24) is 5.32 Å². The third-order valence-electron chi connectivity index (χ3n) is 4.75. The molecule has 7 heteroatoms. The monoisotopic (exact) mass is 456 g/mol. The molecular weight excluding hydrogens is 436 g/mol. The van der Waals surface area contributed by atoms with Gasteiger partial charge in [-0.25, -0.2) is 4.99 Å². The summed E-state index contributed by atoms with van der Waals surface area (Å²) in [5, 5.41) is 3.76. The number of carbonyl (C=O) groups is 1. The van der Waals surface area contributed by atoms with Crippen LogP contribution in [0.2, 0.25) is 0 Å². The van der Waals surface area contributed by atoms with Crippen LogP contribution in [0.5, 0.6) is 5.75 Å². The van der Waals surface area contributed by atoms with Crippen molar-refractivity contribution in [2.24, 2.45) is 4.99 Å². The molecule has 1 atom stereocenters. The maximum absolute atomic E-state index is 12.9. The Morgan fingerprint density at radius 3 is 2.97 bits per heavy atom. The van der Waals surface area contributed by atoms with E-state index in [2.05, 4.69) is 26.2 Å². The summed E-state index contributed by atoms with van der Waals surface area (Å²) in [6.07, 6.45) is 2.04. The molecule has 0 spiro atoms. The number of ether oxygens (including phenoxy) is 2. The molecule has 1 saturated heterocycles. The fraction of sp³-hybridized carbons (Fsp3) is 0.273. The summed E-state index contributed by atoms with van der Waals surface area (Å²) in [7, 11) is 1.60. The number of rotatable bonds is 5. The van der Waals surface area contributed by atoms with E-state index < -0.39 is 0 Å². The number of hydrogen-bond donors (Lipinski definition) is 1. The minimum Gasteiger partial charge on any atom is -0.497 e. The Labute approximate surface area is 176 Å². The number of carbonyl (C=O) groups excluding carboxylic acids is 1. The van der Waals surface area contributed by atoms with E-state index >= 15 is 0 Å². The molecule has 1 N–H and O–H groups in total. The van der Waals surface area contributed by atoms with Crippen LogP contribution < -0.4 is 15.6 Å². The Kier molecular flexibility index (Phi) is 5.97. The number of amides is 1. The first-order valence-electron chi connectivity index (χ1n) is 9.44. The summed E-state index contributed by atoms with van der Waals surface area (Å²) in [6, 6.07) is 14.7. The summed E-state index contributed by atoms with van der Waals surface area (Å²) >= 11 is 3.46. The van der Waals surface area contributed by atoms with Gasteiger partial charge in [-0.1, -0.05) is 22.0 Å². The van der Waals surface area contributed by atoms with Crippen molar-refractivity contribution in [2.75, 3.05) is 20.3 Å². The average Bonchev–Trinajstić information content (AvgIpc) is 3.25. The molecule has 6 nitrogen and oxygen atoms in total. The number of nitrogens with one attached hydrogen (secondary N) is 1. The predicted molar refractivity (Wildman–Crippen MR) is 113 cm³/mol. The van der Waals surface area contributed by atoms with Crippen LogP contribution in [0, 0.1) is 0 Å². The molecule has 150 valence electrons. The second-order valence-electron chi connectivity index (χ2n) is 6.81. The number of halogens is 1. The van der Waals surface area contributed by atoms with E-state index in [9.17, 15) is 4.79 Å². The molecule has 2 aromatic carbocycles. The second-order valence-corrected chi connectivity index (χ2v) is 7.72. The first kappa shape index (κ1) is 19.7. The van der Waals surface area contributed by atoms with Crippen molar-refractivity contribution in [3.8, 4) is 5.75 Å². The van der Waals surface area contributed by atoms with Crippen molar-refractivity contribution in [2.45, 2.75) is 18.9 Å². The van der Waals surface area contributed by atoms with Crippen LogP contribution in [0.25, 0.3) is 11.0 Å². The molecule has 0 saturated carbocycles. The van der Waals surface area contributed by atoms with Gasteiger partial charge in [0.2, 0.25) is 5.55 Å². The van der Waals surface area contributed by atoms with E-state index in [0.717, 1.165) is 29.3 Å². The first-order valence-corrected chi connectivity index (χ1v) is 10.2. The highest BCUT2D eigenvalue weighted by Gasteiger charge is 2.18. The van der Waals surface area contributed by atoms with Gasteiger partial charge in [0.15, 0.2) is 0 Å². The fourth-order valence-electron chi connectivity index (χ4n) is 3.25. The number of nitrogens with zero attached hydrogens (tertiary/aromatic N) is 1. The summed E-state index contributed by atoms with van der Waals surface area (Å²) < 4.78 is 17.8. The van der Waals surface area contributed by atoms with Gasteiger partial charge in [-0.2, -0.15) is 0 Å². The lowest BCUT2D eigenvalue weighted by Crippen LogP contribution is -2.34. The third-order valence-corrected chi connectivity index (χ3v) is 5.24. The van der Waals surface area contributed by atoms with Gasteiger partial charge in [-0.15, -0.1) is 0 Å². The van der Waals surface area contributed by atoms with E-state index in [1.165, 1.54) is 0 Å². The van der Waals surface area contributed by atoms with Gasteiger partial charge in [-0.3, -0.25) is 4.79 Å². The van der Waals surface area contributed by atoms with Crippen LogP contribution in [-0.4, -0.2) is 32.3 Å². The highest BCUT2D eigenvalue weighted by atomic mass is 79.9. The van der Waals surface area contributed by atoms with E-state index in [-0.39, 0.29) is 17.6 Å². The standard InChI is InChI=1S/C22H21BrN2O4/c1-27-17-5-2-4-16(12-17)25-22-19(21(26)24-13-18-6-3-9-28-18)11-14-10-15(23)7-8-20(14)29-22/h2,4-5,7-8,10-12,18H,3,6,9,13H2,1H3,(H,24,26)/t18-/m1/s1. The molecule has 29 heavy (non-hydrogen) atoms. The topological polar surface area (TPSA) is 73.1 Å². The summed E-state index contributed by atoms with van der Waals surface area (Å²) in [5.41, 5.74) is 1.90. The third kappa shape index (κ3) is 4.68. The van der Waals surface area contributed by atoms with Crippen molar-refractivity contribution >= 4 is 38.5 Å². The molecule has 1 aliphatic rings. The lowest BCUT2D eigenvalue weighted by atomic mass is 10.1. The minimum absolute atomic E-state index is 0.0595. The molecule has 0 unspecified atom stereocenters. The minimum atomic E-state index is -0.243. The smallest absolute Gasteiger partial charge is 0.256 e. The van der Waals surface area contributed by atoms with Crippen molar-refractivity contribution in [3.05, 3.63) is 64.1 Å². The fourth-order valence-corrected chi connectivity index (χ4v) is 3.63. The molecule has 3 aromatic rings. The van der Waals surface area contributed by atoms with Gasteiger partial charge in [0.25, 0.3) is 5.91 Å². The van der Waals surface area contributed by atoms with Gasteiger partial charge in [0, 0.05) is 29.1 Å². The van der Waals surface area contributed by atoms with Gasteiger partial charge < -0.3 is 19.2 Å². The Morgan fingerprint density at radius 1 is 1.28 bits per heavy atom. The Balaban J connectivity index is 1.75. The SMILES string of the molecule is COc1cccc(N=c2oc3ccc(Br)cc3cc2C(=O)NC[C@H]2CCCO2)c1. The summed E-state index contributed by atoms with van der Waals surface area (Å²) in [5.74, 6) is 0.438. The number of fused-ring (bicyclic) bond motifs is 1. The van der Waals surface area contributed by atoms with Crippen LogP contribution in [0.3, 0.4) is 0 Å². The zero-order valence-electron chi connectivity index (χ0n) is 16.0. The summed E-state index contributed by atoms with van der Waals surface area (Å²) in [6.45, 7) is 1.21. The highest BCUT2D eigenvalue weighted by Crippen LogP contribution is 2.22. The van der Waals surface area contributed by atoms with E-state index in [4.69, 9.17) is 13.9 Å². The van der Waals surface area contributed by atoms with Crippen molar-refractivity contribution < 1.29 is 18.7 Å². The van der Waals surface area contributed by atoms with E-state index in [0.29, 0.717) is 29.1 Å². The zero-order chi connectivity index (χ0) is 20.2. The molecule has 4 rings (SSSR count). The van der Waals surface area contributed by atoms with Gasteiger partial charge >= 0.3 is 0 Å². The van der Waals surface area contributed by atoms with E-state index in [1.54, 1.807) is 19.2 Å². The Hall–Kier alpha value is -2.64. The van der Waals surface area contributed by atoms with Crippen LogP contribution >= 0.6 is 15.9 Å². The first-order chi connectivity index (χ1) is 14.1. The lowest BCUT2D eigenvalue weighted by molar-refractivity contribution is 0.0854. The number of methoxy groups -OCH3 is 1. The molecule has 0 bridgehead atoms. The molecule has 2 heterocycles. The van der Waals surface area contributed by atoms with Crippen molar-refractivity contribution in [3.63, 3.8) is 0 Å². The van der Waals surface area contributed by atoms with Gasteiger partial charge in [0.05, 0.1) is 18.9 Å². The molecule has 1 aliphatic heterocycles. The number of hydrogen-bond acceptors (Lipinski definition) is 5. The zero-order valence-corrected chi connectivity index (χ0v) is 17.6. The van der Waals surface area contributed by atoms with Crippen LogP contribution in [0.4, 0.5) is 5.69 Å². The molecular formula is C22H21BrN2O4. The molecule has 1 aromatic heterocycles. The molecule has 0 aliphatic carbocycles. The van der Waals surface area contributed by atoms with Crippen LogP contribution in [0.15, 0.2) is 62.4 Å². The quantitative estimate of drug-likeness (QED) is 0.619. The highest BCUT2D eigenvalue weighted by molar-refractivity contribution is 9.10. The largest absolute Gasteiger partial charge is 0.497 e. The normalized spacial score (nSPS) is 16.9. The van der Waals surface area contributed by atoms with Gasteiger partial charge in [-0.05, 0) is 49.2 Å². The maximum Gasteiger partial charge on any atom is 0.256 e.